The van der Waals surface area contributed by atoms with E-state index in [-0.39, 0.29) is 12.2 Å². The number of aliphatic hydroxyl groups excluding tert-OH is 1. The maximum absolute atomic E-state index is 9.68. The maximum Gasteiger partial charge on any atom is 0.0920 e. The topological polar surface area (TPSA) is 29.5 Å². The van der Waals surface area contributed by atoms with Gasteiger partial charge in [0.25, 0.3) is 0 Å². The highest BCUT2D eigenvalue weighted by Gasteiger charge is 2.30. The normalized spacial score (nSPS) is 39.0. The van der Waals surface area contributed by atoms with Gasteiger partial charge in [0.1, 0.15) is 0 Å². The zero-order chi connectivity index (χ0) is 8.27. The second-order valence-corrected chi connectivity index (χ2v) is 3.95. The van der Waals surface area contributed by atoms with Crippen molar-refractivity contribution in [3.05, 3.63) is 0 Å². The Morgan fingerprint density at radius 1 is 1.64 bits per heavy atom. The SMILES string of the molecule is CCC1OCCC(SC)C1O. The molecule has 1 rings (SSSR count). The molecule has 0 aromatic rings. The summed E-state index contributed by atoms with van der Waals surface area (Å²) in [5, 5.41) is 10.1. The number of ether oxygens (including phenoxy) is 1. The van der Waals surface area contributed by atoms with Crippen LogP contribution in [0.5, 0.6) is 0 Å². The van der Waals surface area contributed by atoms with E-state index in [2.05, 4.69) is 6.92 Å². The molecule has 0 saturated carbocycles. The van der Waals surface area contributed by atoms with E-state index < -0.39 is 0 Å². The molecule has 0 radical (unpaired) electrons. The van der Waals surface area contributed by atoms with Crippen LogP contribution in [0.15, 0.2) is 0 Å². The zero-order valence-electron chi connectivity index (χ0n) is 7.12. The summed E-state index contributed by atoms with van der Waals surface area (Å²) in [7, 11) is 0. The highest BCUT2D eigenvalue weighted by atomic mass is 32.2. The summed E-state index contributed by atoms with van der Waals surface area (Å²) in [6.45, 7) is 2.86. The van der Waals surface area contributed by atoms with Crippen LogP contribution in [-0.2, 0) is 4.74 Å². The minimum Gasteiger partial charge on any atom is -0.389 e. The molecule has 2 nitrogen and oxygen atoms in total. The fourth-order valence-corrected chi connectivity index (χ4v) is 2.25. The summed E-state index contributed by atoms with van der Waals surface area (Å²) in [5.74, 6) is 0. The van der Waals surface area contributed by atoms with Gasteiger partial charge in [0.05, 0.1) is 12.2 Å². The van der Waals surface area contributed by atoms with Gasteiger partial charge in [-0.3, -0.25) is 0 Å². The van der Waals surface area contributed by atoms with E-state index >= 15 is 0 Å². The maximum atomic E-state index is 9.68. The van der Waals surface area contributed by atoms with E-state index in [1.165, 1.54) is 0 Å². The van der Waals surface area contributed by atoms with Gasteiger partial charge in [-0.15, -0.1) is 0 Å². The van der Waals surface area contributed by atoms with Crippen molar-refractivity contribution in [1.82, 2.24) is 0 Å². The predicted molar refractivity (Wildman–Crippen MR) is 48.0 cm³/mol. The zero-order valence-corrected chi connectivity index (χ0v) is 7.93. The van der Waals surface area contributed by atoms with Gasteiger partial charge in [0, 0.05) is 11.9 Å². The van der Waals surface area contributed by atoms with E-state index in [0.29, 0.717) is 5.25 Å². The molecule has 1 heterocycles. The van der Waals surface area contributed by atoms with Crippen LogP contribution in [0.4, 0.5) is 0 Å². The van der Waals surface area contributed by atoms with E-state index in [4.69, 9.17) is 4.74 Å². The summed E-state index contributed by atoms with van der Waals surface area (Å²) in [5.41, 5.74) is 0. The van der Waals surface area contributed by atoms with Gasteiger partial charge in [-0.05, 0) is 19.1 Å². The molecule has 0 aliphatic carbocycles. The van der Waals surface area contributed by atoms with Crippen LogP contribution in [0.1, 0.15) is 19.8 Å². The van der Waals surface area contributed by atoms with Crippen LogP contribution < -0.4 is 0 Å². The summed E-state index contributed by atoms with van der Waals surface area (Å²) in [4.78, 5) is 0. The van der Waals surface area contributed by atoms with E-state index in [1.54, 1.807) is 11.8 Å². The van der Waals surface area contributed by atoms with Crippen molar-refractivity contribution in [2.45, 2.75) is 37.2 Å². The molecule has 0 bridgehead atoms. The Hall–Kier alpha value is 0.270. The fourth-order valence-electron chi connectivity index (χ4n) is 1.46. The highest BCUT2D eigenvalue weighted by molar-refractivity contribution is 7.99. The first-order chi connectivity index (χ1) is 5.29. The lowest BCUT2D eigenvalue weighted by atomic mass is 10.0. The monoisotopic (exact) mass is 176 g/mol. The minimum atomic E-state index is -0.260. The molecule has 0 aromatic heterocycles. The van der Waals surface area contributed by atoms with Gasteiger partial charge in [-0.25, -0.2) is 0 Å². The Labute approximate surface area is 72.3 Å². The predicted octanol–water partition coefficient (Wildman–Crippen LogP) is 1.28. The number of thioether (sulfide) groups is 1. The van der Waals surface area contributed by atoms with Crippen molar-refractivity contribution in [2.24, 2.45) is 0 Å². The van der Waals surface area contributed by atoms with E-state index in [9.17, 15) is 5.11 Å². The summed E-state index contributed by atoms with van der Waals surface area (Å²) < 4.78 is 5.41. The Balaban J connectivity index is 2.45. The first-order valence-corrected chi connectivity index (χ1v) is 5.40. The molecular formula is C8H16O2S. The smallest absolute Gasteiger partial charge is 0.0920 e. The van der Waals surface area contributed by atoms with Crippen LogP contribution in [0.25, 0.3) is 0 Å². The molecule has 0 aromatic carbocycles. The van der Waals surface area contributed by atoms with Crippen LogP contribution in [0.3, 0.4) is 0 Å². The van der Waals surface area contributed by atoms with Crippen LogP contribution in [-0.4, -0.2) is 35.4 Å². The van der Waals surface area contributed by atoms with Gasteiger partial charge in [-0.1, -0.05) is 6.92 Å². The lowest BCUT2D eigenvalue weighted by Gasteiger charge is -2.33. The number of hydrogen-bond acceptors (Lipinski definition) is 3. The molecule has 0 amide bonds. The first kappa shape index (κ1) is 9.36. The third-order valence-corrected chi connectivity index (χ3v) is 3.32. The average Bonchev–Trinajstić information content (AvgIpc) is 2.05. The highest BCUT2D eigenvalue weighted by Crippen LogP contribution is 2.25. The van der Waals surface area contributed by atoms with Crippen molar-refractivity contribution in [1.29, 1.82) is 0 Å². The van der Waals surface area contributed by atoms with Gasteiger partial charge in [0.2, 0.25) is 0 Å². The first-order valence-electron chi connectivity index (χ1n) is 4.12. The van der Waals surface area contributed by atoms with Gasteiger partial charge in [-0.2, -0.15) is 11.8 Å². The molecule has 66 valence electrons. The van der Waals surface area contributed by atoms with Crippen molar-refractivity contribution in [3.8, 4) is 0 Å². The van der Waals surface area contributed by atoms with Gasteiger partial charge in [0.15, 0.2) is 0 Å². The fraction of sp³-hybridized carbons (Fsp3) is 1.00. The van der Waals surface area contributed by atoms with Gasteiger partial charge < -0.3 is 9.84 Å². The Bertz CT molecular complexity index is 107. The third-order valence-electron chi connectivity index (χ3n) is 2.20. The molecular weight excluding hydrogens is 160 g/mol. The Morgan fingerprint density at radius 2 is 2.36 bits per heavy atom. The van der Waals surface area contributed by atoms with Crippen LogP contribution in [0.2, 0.25) is 0 Å². The number of hydrogen-bond donors (Lipinski definition) is 1. The summed E-state index contributed by atoms with van der Waals surface area (Å²) in [6, 6.07) is 0. The largest absolute Gasteiger partial charge is 0.389 e. The molecule has 3 unspecified atom stereocenters. The molecule has 1 aliphatic rings. The molecule has 1 aliphatic heterocycles. The summed E-state index contributed by atoms with van der Waals surface area (Å²) in [6.07, 6.45) is 3.76. The minimum absolute atomic E-state index is 0.0706. The second-order valence-electron chi connectivity index (χ2n) is 2.87. The molecule has 1 saturated heterocycles. The van der Waals surface area contributed by atoms with Crippen molar-refractivity contribution < 1.29 is 9.84 Å². The Kier molecular flexibility index (Phi) is 3.69. The van der Waals surface area contributed by atoms with Crippen molar-refractivity contribution >= 4 is 11.8 Å². The van der Waals surface area contributed by atoms with Crippen molar-refractivity contribution in [2.75, 3.05) is 12.9 Å². The molecule has 3 atom stereocenters. The average molecular weight is 176 g/mol. The van der Waals surface area contributed by atoms with E-state index in [0.717, 1.165) is 19.4 Å². The molecule has 3 heteroatoms. The van der Waals surface area contributed by atoms with Gasteiger partial charge >= 0.3 is 0 Å². The number of rotatable bonds is 2. The van der Waals surface area contributed by atoms with Crippen LogP contribution >= 0.6 is 11.8 Å². The number of aliphatic hydroxyl groups is 1. The molecule has 11 heavy (non-hydrogen) atoms. The second kappa shape index (κ2) is 4.33. The molecule has 1 fully saturated rings. The van der Waals surface area contributed by atoms with E-state index in [1.807, 2.05) is 6.26 Å². The standard InChI is InChI=1S/C8H16O2S/c1-3-6-8(9)7(11-2)4-5-10-6/h6-9H,3-5H2,1-2H3. The lowest BCUT2D eigenvalue weighted by molar-refractivity contribution is -0.0704. The third kappa shape index (κ3) is 2.10. The molecule has 0 spiro atoms. The lowest BCUT2D eigenvalue weighted by Crippen LogP contribution is -2.42. The molecule has 1 N–H and O–H groups in total. The quantitative estimate of drug-likeness (QED) is 0.687. The Morgan fingerprint density at radius 3 is 2.91 bits per heavy atom. The van der Waals surface area contributed by atoms with Crippen molar-refractivity contribution in [3.63, 3.8) is 0 Å². The summed E-state index contributed by atoms with van der Waals surface area (Å²) >= 11 is 1.74. The van der Waals surface area contributed by atoms with Crippen LogP contribution in [0, 0.1) is 0 Å².